The maximum absolute atomic E-state index is 12.9. The molecule has 0 spiro atoms. The molecule has 1 aliphatic heterocycles. The molecule has 168 valence electrons. The Morgan fingerprint density at radius 2 is 1.97 bits per heavy atom. The second-order valence-electron chi connectivity index (χ2n) is 8.15. The molecule has 0 aliphatic carbocycles. The monoisotopic (exact) mass is 448 g/mol. The van der Waals surface area contributed by atoms with Gasteiger partial charge in [-0.3, -0.25) is 9.20 Å². The van der Waals surface area contributed by atoms with Crippen LogP contribution in [-0.4, -0.2) is 62.9 Å². The van der Waals surface area contributed by atoms with Crippen molar-refractivity contribution in [3.05, 3.63) is 39.8 Å². The van der Waals surface area contributed by atoms with E-state index in [9.17, 15) is 13.8 Å². The zero-order valence-corrected chi connectivity index (χ0v) is 19.3. The lowest BCUT2D eigenvalue weighted by Gasteiger charge is -2.28. The second-order valence-corrected chi connectivity index (χ2v) is 10.1. The van der Waals surface area contributed by atoms with E-state index in [1.165, 1.54) is 16.7 Å². The van der Waals surface area contributed by atoms with E-state index >= 15 is 0 Å². The lowest BCUT2D eigenvalue weighted by Crippen LogP contribution is -2.37. The second kappa shape index (κ2) is 9.27. The Hall–Kier alpha value is -2.59. The van der Waals surface area contributed by atoms with E-state index in [0.717, 1.165) is 0 Å². The average molecular weight is 449 g/mol. The van der Waals surface area contributed by atoms with Crippen molar-refractivity contribution >= 4 is 34.1 Å². The Kier molecular flexibility index (Phi) is 6.90. The topological polar surface area (TPSA) is 103 Å². The summed E-state index contributed by atoms with van der Waals surface area (Å²) in [5, 5.41) is 0. The third-order valence-electron chi connectivity index (χ3n) is 4.73. The summed E-state index contributed by atoms with van der Waals surface area (Å²) in [5.41, 5.74) is 1.08. The van der Waals surface area contributed by atoms with Gasteiger partial charge in [0, 0.05) is 30.9 Å². The Labute approximate surface area is 183 Å². The highest BCUT2D eigenvalue weighted by Gasteiger charge is 2.22. The molecular weight excluding hydrogens is 420 g/mol. The van der Waals surface area contributed by atoms with Crippen molar-refractivity contribution in [2.45, 2.75) is 39.4 Å². The van der Waals surface area contributed by atoms with Gasteiger partial charge in [-0.2, -0.15) is 4.40 Å². The van der Waals surface area contributed by atoms with Gasteiger partial charge < -0.3 is 14.4 Å². The van der Waals surface area contributed by atoms with E-state index < -0.39 is 21.7 Å². The van der Waals surface area contributed by atoms with Crippen LogP contribution in [-0.2, 0) is 20.5 Å². The van der Waals surface area contributed by atoms with Crippen molar-refractivity contribution in [3.63, 3.8) is 0 Å². The van der Waals surface area contributed by atoms with Gasteiger partial charge in [0.15, 0.2) is 5.65 Å². The van der Waals surface area contributed by atoms with Crippen molar-refractivity contribution in [2.75, 3.05) is 37.8 Å². The number of hydrogen-bond acceptors (Lipinski definition) is 7. The van der Waals surface area contributed by atoms with Crippen LogP contribution < -0.4 is 10.5 Å². The third kappa shape index (κ3) is 5.19. The first-order valence-corrected chi connectivity index (χ1v) is 11.3. The maximum Gasteiger partial charge on any atom is 0.339 e. The van der Waals surface area contributed by atoms with E-state index in [2.05, 4.69) is 4.40 Å². The maximum atomic E-state index is 12.9. The van der Waals surface area contributed by atoms with Gasteiger partial charge in [0.25, 0.3) is 5.56 Å². The molecule has 1 aliphatic rings. The average Bonchev–Trinajstić information content (AvgIpc) is 2.73. The van der Waals surface area contributed by atoms with E-state index in [1.807, 2.05) is 25.7 Å². The highest BCUT2D eigenvalue weighted by atomic mass is 32.2. The number of carbonyl (C=O) groups is 1. The minimum absolute atomic E-state index is 0.198. The van der Waals surface area contributed by atoms with Crippen LogP contribution in [0.1, 0.15) is 50.5 Å². The predicted octanol–water partition coefficient (Wildman–Crippen LogP) is 1.98. The van der Waals surface area contributed by atoms with Crippen molar-refractivity contribution in [2.24, 2.45) is 4.40 Å². The fourth-order valence-electron chi connectivity index (χ4n) is 3.05. The van der Waals surface area contributed by atoms with Crippen LogP contribution in [0.15, 0.2) is 27.5 Å². The lowest BCUT2D eigenvalue weighted by molar-refractivity contribution is 0.0525. The summed E-state index contributed by atoms with van der Waals surface area (Å²) in [4.78, 5) is 32.0. The first-order valence-electron chi connectivity index (χ1n) is 10.2. The number of anilines is 1. The Bertz CT molecular complexity index is 1100. The van der Waals surface area contributed by atoms with Crippen molar-refractivity contribution < 1.29 is 18.5 Å². The van der Waals surface area contributed by atoms with Crippen LogP contribution in [0.25, 0.3) is 5.65 Å². The molecule has 1 saturated heterocycles. The molecule has 0 amide bonds. The zero-order chi connectivity index (χ0) is 22.8. The van der Waals surface area contributed by atoms with E-state index in [0.29, 0.717) is 49.0 Å². The summed E-state index contributed by atoms with van der Waals surface area (Å²) in [5.74, 6) is -0.0253. The van der Waals surface area contributed by atoms with Crippen LogP contribution in [0.4, 0.5) is 5.82 Å². The first kappa shape index (κ1) is 23.1. The van der Waals surface area contributed by atoms with Gasteiger partial charge in [-0.05, 0) is 40.7 Å². The van der Waals surface area contributed by atoms with E-state index in [4.69, 9.17) is 14.5 Å². The van der Waals surface area contributed by atoms with Gasteiger partial charge in [0.1, 0.15) is 16.8 Å². The van der Waals surface area contributed by atoms with Gasteiger partial charge in [-0.25, -0.2) is 14.0 Å². The molecule has 0 bridgehead atoms. The number of carbonyl (C=O) groups excluding carboxylic acids is 1. The van der Waals surface area contributed by atoms with Crippen molar-refractivity contribution in [1.29, 1.82) is 0 Å². The number of nitrogens with zero attached hydrogens (tertiary/aromatic N) is 4. The fraction of sp³-hybridized carbons (Fsp3) is 0.524. The van der Waals surface area contributed by atoms with Gasteiger partial charge in [-0.1, -0.05) is 0 Å². The molecule has 0 N–H and O–H groups in total. The van der Waals surface area contributed by atoms with Crippen LogP contribution >= 0.6 is 0 Å². The molecule has 2 aromatic rings. The standard InChI is InChI=1S/C21H28N4O5S/c1-6-30-20(27)15-11-16(14(2)23-31(28)21(3,4)5)19-22-17(12-18(26)25(19)13-15)24-7-9-29-10-8-24/h11-13H,6-10H2,1-5H3/b23-14+/t31-/m1/s1. The molecule has 31 heavy (non-hydrogen) atoms. The fourth-order valence-corrected chi connectivity index (χ4v) is 3.67. The number of pyridine rings is 1. The van der Waals surface area contributed by atoms with E-state index in [-0.39, 0.29) is 17.7 Å². The summed E-state index contributed by atoms with van der Waals surface area (Å²) in [6, 6.07) is 3.03. The number of rotatable bonds is 5. The Morgan fingerprint density at radius 3 is 2.58 bits per heavy atom. The van der Waals surface area contributed by atoms with Crippen LogP contribution in [0.5, 0.6) is 0 Å². The normalized spacial score (nSPS) is 16.4. The molecular formula is C21H28N4O5S. The number of fused-ring (bicyclic) bond motifs is 1. The summed E-state index contributed by atoms with van der Waals surface area (Å²) in [7, 11) is -1.52. The highest BCUT2D eigenvalue weighted by molar-refractivity contribution is 7.85. The molecule has 1 atom stereocenters. The van der Waals surface area contributed by atoms with Crippen LogP contribution in [0.3, 0.4) is 0 Å². The Balaban J connectivity index is 2.23. The van der Waals surface area contributed by atoms with E-state index in [1.54, 1.807) is 19.9 Å². The molecule has 2 aromatic heterocycles. The molecule has 0 saturated carbocycles. The lowest BCUT2D eigenvalue weighted by atomic mass is 10.1. The molecule has 0 unspecified atom stereocenters. The SMILES string of the molecule is CCOC(=O)c1cc(/C(C)=N/[S@](=O)C(C)(C)C)c2nc(N3CCOCC3)cc(=O)n2c1. The van der Waals surface area contributed by atoms with Crippen LogP contribution in [0, 0.1) is 0 Å². The van der Waals surface area contributed by atoms with Crippen molar-refractivity contribution in [1.82, 2.24) is 9.38 Å². The van der Waals surface area contributed by atoms with Gasteiger partial charge in [-0.15, -0.1) is 0 Å². The molecule has 1 fully saturated rings. The third-order valence-corrected chi connectivity index (χ3v) is 6.21. The molecule has 3 heterocycles. The number of aromatic nitrogens is 2. The highest BCUT2D eigenvalue weighted by Crippen LogP contribution is 2.20. The van der Waals surface area contributed by atoms with Gasteiger partial charge >= 0.3 is 5.97 Å². The first-order chi connectivity index (χ1) is 14.6. The molecule has 10 heteroatoms. The largest absolute Gasteiger partial charge is 0.462 e. The minimum atomic E-state index is -1.52. The van der Waals surface area contributed by atoms with Gasteiger partial charge in [0.2, 0.25) is 0 Å². The van der Waals surface area contributed by atoms with Crippen LogP contribution in [0.2, 0.25) is 0 Å². The summed E-state index contributed by atoms with van der Waals surface area (Å²) >= 11 is 0. The quantitative estimate of drug-likeness (QED) is 0.509. The molecule has 3 rings (SSSR count). The zero-order valence-electron chi connectivity index (χ0n) is 18.5. The number of hydrogen-bond donors (Lipinski definition) is 0. The predicted molar refractivity (Wildman–Crippen MR) is 121 cm³/mol. The summed E-state index contributed by atoms with van der Waals surface area (Å²) < 4.78 is 28.2. The molecule has 0 radical (unpaired) electrons. The molecule has 9 nitrogen and oxygen atoms in total. The summed E-state index contributed by atoms with van der Waals surface area (Å²) in [6.07, 6.45) is 1.42. The molecule has 0 aromatic carbocycles. The number of morpholine rings is 1. The Morgan fingerprint density at radius 1 is 1.29 bits per heavy atom. The number of ether oxygens (including phenoxy) is 2. The van der Waals surface area contributed by atoms with Gasteiger partial charge in [0.05, 0.1) is 35.8 Å². The number of esters is 1. The van der Waals surface area contributed by atoms with Crippen molar-refractivity contribution in [3.8, 4) is 0 Å². The smallest absolute Gasteiger partial charge is 0.339 e. The summed E-state index contributed by atoms with van der Waals surface area (Å²) in [6.45, 7) is 11.5. The minimum Gasteiger partial charge on any atom is -0.462 e.